The Bertz CT molecular complexity index is 604. The third kappa shape index (κ3) is 12.2. The fourth-order valence-electron chi connectivity index (χ4n) is 7.52. The van der Waals surface area contributed by atoms with E-state index in [0.717, 1.165) is 37.5 Å². The van der Waals surface area contributed by atoms with Crippen molar-refractivity contribution in [3.05, 3.63) is 0 Å². The van der Waals surface area contributed by atoms with E-state index in [0.29, 0.717) is 12.8 Å². The number of nitrogens with one attached hydrogen (secondary N) is 4. The summed E-state index contributed by atoms with van der Waals surface area (Å²) < 4.78 is 5.50. The van der Waals surface area contributed by atoms with Crippen molar-refractivity contribution in [3.63, 3.8) is 0 Å². The number of unbranched alkanes of at least 4 members (excludes halogenated alkanes) is 4. The predicted molar refractivity (Wildman–Crippen MR) is 151 cm³/mol. The molecule has 0 spiro atoms. The molecule has 2 fully saturated rings. The normalized spacial score (nSPS) is 23.7. The van der Waals surface area contributed by atoms with Crippen LogP contribution in [0.15, 0.2) is 0 Å². The summed E-state index contributed by atoms with van der Waals surface area (Å²) in [5, 5.41) is 23.7. The van der Waals surface area contributed by atoms with Crippen LogP contribution < -0.4 is 10.6 Å². The van der Waals surface area contributed by atoms with E-state index < -0.39 is 0 Å². The van der Waals surface area contributed by atoms with Crippen LogP contribution in [0.4, 0.5) is 0 Å². The molecule has 2 aliphatic rings. The third-order valence-electron chi connectivity index (χ3n) is 7.83. The molecule has 0 aliphatic carbocycles. The van der Waals surface area contributed by atoms with Gasteiger partial charge in [-0.25, -0.2) is 0 Å². The first-order valence-electron chi connectivity index (χ1n) is 14.5. The maximum atomic E-state index is 8.10. The first-order chi connectivity index (χ1) is 16.1. The number of piperidine rings is 2. The van der Waals surface area contributed by atoms with Crippen molar-refractivity contribution in [1.29, 1.82) is 10.8 Å². The average molecular weight is 491 g/mol. The minimum atomic E-state index is 0.226. The molecule has 35 heavy (non-hydrogen) atoms. The number of rotatable bonds is 12. The van der Waals surface area contributed by atoms with Crippen molar-refractivity contribution < 1.29 is 4.74 Å². The summed E-state index contributed by atoms with van der Waals surface area (Å²) in [7, 11) is 0. The predicted octanol–water partition coefficient (Wildman–Crippen LogP) is 7.97. The fourth-order valence-corrected chi connectivity index (χ4v) is 7.52. The van der Waals surface area contributed by atoms with Crippen molar-refractivity contribution in [3.8, 4) is 0 Å². The Morgan fingerprint density at radius 2 is 0.886 bits per heavy atom. The topological polar surface area (TPSA) is 81.0 Å². The van der Waals surface area contributed by atoms with Crippen molar-refractivity contribution in [1.82, 2.24) is 10.6 Å². The first kappa shape index (κ1) is 30.3. The van der Waals surface area contributed by atoms with E-state index in [1.165, 1.54) is 51.4 Å². The molecule has 0 aromatic carbocycles. The van der Waals surface area contributed by atoms with Gasteiger partial charge in [-0.1, -0.05) is 38.5 Å². The molecule has 2 saturated heterocycles. The summed E-state index contributed by atoms with van der Waals surface area (Å²) >= 11 is 0. The lowest BCUT2D eigenvalue weighted by molar-refractivity contribution is 0.121. The lowest BCUT2D eigenvalue weighted by Gasteiger charge is -2.46. The Morgan fingerprint density at radius 3 is 1.20 bits per heavy atom. The average Bonchev–Trinajstić information content (AvgIpc) is 2.62. The van der Waals surface area contributed by atoms with Gasteiger partial charge in [0, 0.05) is 35.0 Å². The zero-order chi connectivity index (χ0) is 26.3. The first-order valence-corrected chi connectivity index (χ1v) is 14.5. The molecule has 2 rings (SSSR count). The van der Waals surface area contributed by atoms with E-state index in [9.17, 15) is 0 Å². The molecule has 0 amide bonds. The fraction of sp³-hybridized carbons (Fsp3) is 0.933. The van der Waals surface area contributed by atoms with Gasteiger partial charge in [-0.05, 0) is 106 Å². The Balaban J connectivity index is 1.50. The zero-order valence-corrected chi connectivity index (χ0v) is 24.5. The molecule has 0 aromatic heterocycles. The summed E-state index contributed by atoms with van der Waals surface area (Å²) in [5.41, 5.74) is 0.904. The Kier molecular flexibility index (Phi) is 10.8. The second-order valence-electron chi connectivity index (χ2n) is 14.5. The van der Waals surface area contributed by atoms with Crippen LogP contribution >= 0.6 is 0 Å². The molecule has 0 aromatic rings. The summed E-state index contributed by atoms with van der Waals surface area (Å²) in [4.78, 5) is 0. The molecular weight excluding hydrogens is 432 g/mol. The molecule has 5 heteroatoms. The number of hydrogen-bond acceptors (Lipinski definition) is 5. The molecule has 2 heterocycles. The van der Waals surface area contributed by atoms with Crippen LogP contribution in [0.5, 0.6) is 0 Å². The summed E-state index contributed by atoms with van der Waals surface area (Å²) in [5.74, 6) is 2.13. The van der Waals surface area contributed by atoms with Crippen LogP contribution in [0.2, 0.25) is 0 Å². The molecular formula is C30H58N4O. The van der Waals surface area contributed by atoms with E-state index in [1.54, 1.807) is 0 Å². The van der Waals surface area contributed by atoms with Crippen LogP contribution in [-0.4, -0.2) is 34.0 Å². The monoisotopic (exact) mass is 490 g/mol. The molecule has 5 nitrogen and oxygen atoms in total. The van der Waals surface area contributed by atoms with Gasteiger partial charge in [0.25, 0.3) is 0 Å². The quantitative estimate of drug-likeness (QED) is 0.127. The van der Waals surface area contributed by atoms with E-state index in [2.05, 4.69) is 66.0 Å². The van der Waals surface area contributed by atoms with Gasteiger partial charge in [0.05, 0.1) is 0 Å². The summed E-state index contributed by atoms with van der Waals surface area (Å²) in [6.07, 6.45) is 15.6. The number of ether oxygens (including phenoxy) is 1. The summed E-state index contributed by atoms with van der Waals surface area (Å²) in [6.45, 7) is 18.6. The van der Waals surface area contributed by atoms with Gasteiger partial charge in [-0.15, -0.1) is 0 Å². The maximum Gasteiger partial charge on any atom is 0.189 e. The van der Waals surface area contributed by atoms with Crippen LogP contribution in [0.25, 0.3) is 0 Å². The molecule has 0 bridgehead atoms. The van der Waals surface area contributed by atoms with Gasteiger partial charge >= 0.3 is 0 Å². The van der Waals surface area contributed by atoms with Crippen LogP contribution in [-0.2, 0) is 4.74 Å². The van der Waals surface area contributed by atoms with Crippen LogP contribution in [0, 0.1) is 22.7 Å². The maximum absolute atomic E-state index is 8.10. The highest BCUT2D eigenvalue weighted by Crippen LogP contribution is 2.36. The SMILES string of the molecule is CC1(C)CC(CCCCCC(=N)OC(=N)CCCCCC2CC(C)(C)NC(C)(C)C2)CC(C)(C)N1. The molecule has 4 N–H and O–H groups in total. The van der Waals surface area contributed by atoms with Gasteiger partial charge in [0.15, 0.2) is 11.8 Å². The third-order valence-corrected chi connectivity index (χ3v) is 7.83. The van der Waals surface area contributed by atoms with Gasteiger partial charge in [-0.2, -0.15) is 0 Å². The van der Waals surface area contributed by atoms with E-state index in [1.807, 2.05) is 0 Å². The van der Waals surface area contributed by atoms with Gasteiger partial charge in [0.1, 0.15) is 0 Å². The minimum Gasteiger partial charge on any atom is -0.430 e. The molecule has 0 radical (unpaired) electrons. The molecule has 0 saturated carbocycles. The van der Waals surface area contributed by atoms with E-state index in [-0.39, 0.29) is 34.0 Å². The highest BCUT2D eigenvalue weighted by atomic mass is 16.5. The Morgan fingerprint density at radius 1 is 0.571 bits per heavy atom. The van der Waals surface area contributed by atoms with Gasteiger partial charge in [0.2, 0.25) is 0 Å². The van der Waals surface area contributed by atoms with Crippen molar-refractivity contribution in [2.75, 3.05) is 0 Å². The highest BCUT2D eigenvalue weighted by molar-refractivity contribution is 5.88. The van der Waals surface area contributed by atoms with Crippen molar-refractivity contribution in [2.24, 2.45) is 11.8 Å². The molecule has 0 atom stereocenters. The molecule has 0 unspecified atom stereocenters. The van der Waals surface area contributed by atoms with Crippen molar-refractivity contribution in [2.45, 2.75) is 167 Å². The van der Waals surface area contributed by atoms with Gasteiger partial charge in [-0.3, -0.25) is 10.8 Å². The Labute approximate surface area is 217 Å². The molecule has 204 valence electrons. The van der Waals surface area contributed by atoms with E-state index in [4.69, 9.17) is 15.6 Å². The smallest absolute Gasteiger partial charge is 0.189 e. The van der Waals surface area contributed by atoms with Crippen LogP contribution in [0.1, 0.15) is 145 Å². The Hall–Kier alpha value is -0.940. The second-order valence-corrected chi connectivity index (χ2v) is 14.5. The minimum absolute atomic E-state index is 0.226. The zero-order valence-electron chi connectivity index (χ0n) is 24.5. The largest absolute Gasteiger partial charge is 0.430 e. The lowest BCUT2D eigenvalue weighted by Crippen LogP contribution is -2.57. The lowest BCUT2D eigenvalue weighted by atomic mass is 9.74. The van der Waals surface area contributed by atoms with E-state index >= 15 is 0 Å². The summed E-state index contributed by atoms with van der Waals surface area (Å²) in [6, 6.07) is 0. The standard InChI is InChI=1S/C30H58N4O/c1-27(2)19-23(20-28(3,4)33-27)15-11-9-13-17-25(31)35-26(32)18-14-10-12-16-24-21-29(5,6)34-30(7,8)22-24/h23-24,31-34H,9-22H2,1-8H3. The van der Waals surface area contributed by atoms with Gasteiger partial charge < -0.3 is 15.4 Å². The number of hydrogen-bond donors (Lipinski definition) is 4. The highest BCUT2D eigenvalue weighted by Gasteiger charge is 2.38. The van der Waals surface area contributed by atoms with Crippen molar-refractivity contribution >= 4 is 11.8 Å². The second kappa shape index (κ2) is 12.5. The molecule has 2 aliphatic heterocycles. The van der Waals surface area contributed by atoms with Crippen LogP contribution in [0.3, 0.4) is 0 Å².